The molecule has 0 saturated heterocycles. The van der Waals surface area contributed by atoms with E-state index in [9.17, 15) is 26.3 Å². The lowest BCUT2D eigenvalue weighted by atomic mass is 10.0. The summed E-state index contributed by atoms with van der Waals surface area (Å²) in [6, 6.07) is 10.5. The van der Waals surface area contributed by atoms with Gasteiger partial charge in [-0.25, -0.2) is 4.98 Å². The molecular weight excluding hydrogens is 530 g/mol. The van der Waals surface area contributed by atoms with E-state index in [2.05, 4.69) is 4.98 Å². The molecule has 0 aliphatic carbocycles. The Kier molecular flexibility index (Phi) is 8.04. The van der Waals surface area contributed by atoms with Gasteiger partial charge in [0.25, 0.3) is 0 Å². The minimum atomic E-state index is -4.77. The molecule has 1 aromatic heterocycles. The van der Waals surface area contributed by atoms with Crippen LogP contribution in [0.25, 0.3) is 0 Å². The van der Waals surface area contributed by atoms with Crippen LogP contribution in [-0.4, -0.2) is 33.7 Å². The number of alkyl halides is 6. The zero-order valence-corrected chi connectivity index (χ0v) is 22.1. The number of halogens is 7. The van der Waals surface area contributed by atoms with Crippen molar-refractivity contribution < 1.29 is 26.3 Å². The standard InChI is InChI=1S/C27H29ClF6N4/c1-17-13-18(2)23(19(3)14-17)38-11-4-10-37-22(24(27(32,33)34)35-25(37)38)16-36(12-9-26(29,30)31)15-20-5-7-21(28)8-6-20/h5-8,13-14H,4,9-12,15-16H2,1-3H3. The molecule has 1 aliphatic rings. The first-order valence-electron chi connectivity index (χ1n) is 12.3. The smallest absolute Gasteiger partial charge is 0.312 e. The molecule has 0 fully saturated rings. The Morgan fingerprint density at radius 2 is 1.55 bits per heavy atom. The molecular formula is C27H29ClF6N4. The summed E-state index contributed by atoms with van der Waals surface area (Å²) in [5.41, 5.74) is 3.15. The zero-order valence-electron chi connectivity index (χ0n) is 21.3. The van der Waals surface area contributed by atoms with Crippen molar-refractivity contribution in [2.45, 2.75) is 65.6 Å². The molecule has 11 heteroatoms. The minimum Gasteiger partial charge on any atom is -0.312 e. The van der Waals surface area contributed by atoms with Gasteiger partial charge in [-0.3, -0.25) is 4.90 Å². The first kappa shape index (κ1) is 28.3. The average Bonchev–Trinajstić information content (AvgIpc) is 3.17. The monoisotopic (exact) mass is 558 g/mol. The van der Waals surface area contributed by atoms with E-state index in [4.69, 9.17) is 11.6 Å². The van der Waals surface area contributed by atoms with Crippen LogP contribution in [0.15, 0.2) is 36.4 Å². The largest absolute Gasteiger partial charge is 0.435 e. The highest BCUT2D eigenvalue weighted by Crippen LogP contribution is 2.40. The molecule has 0 spiro atoms. The lowest BCUT2D eigenvalue weighted by molar-refractivity contribution is -0.143. The molecule has 2 aromatic carbocycles. The molecule has 0 amide bonds. The summed E-state index contributed by atoms with van der Waals surface area (Å²) in [7, 11) is 0. The number of aryl methyl sites for hydroxylation is 3. The quantitative estimate of drug-likeness (QED) is 0.275. The molecule has 4 nitrogen and oxygen atoms in total. The van der Waals surface area contributed by atoms with Crippen molar-refractivity contribution >= 4 is 23.2 Å². The lowest BCUT2D eigenvalue weighted by Crippen LogP contribution is -2.32. The van der Waals surface area contributed by atoms with E-state index in [1.54, 1.807) is 29.2 Å². The van der Waals surface area contributed by atoms with E-state index >= 15 is 0 Å². The number of anilines is 2. The van der Waals surface area contributed by atoms with Crippen LogP contribution < -0.4 is 4.90 Å². The van der Waals surface area contributed by atoms with Crippen molar-refractivity contribution in [3.8, 4) is 0 Å². The topological polar surface area (TPSA) is 24.3 Å². The van der Waals surface area contributed by atoms with Crippen LogP contribution in [0, 0.1) is 20.8 Å². The molecule has 0 unspecified atom stereocenters. The fourth-order valence-corrected chi connectivity index (χ4v) is 5.28. The molecule has 0 saturated carbocycles. The van der Waals surface area contributed by atoms with E-state index in [1.165, 1.54) is 9.47 Å². The highest BCUT2D eigenvalue weighted by atomic mass is 35.5. The molecule has 3 aromatic rings. The van der Waals surface area contributed by atoms with Gasteiger partial charge in [0, 0.05) is 43.4 Å². The Morgan fingerprint density at radius 3 is 2.13 bits per heavy atom. The second-order valence-corrected chi connectivity index (χ2v) is 10.2. The summed E-state index contributed by atoms with van der Waals surface area (Å²) in [6.07, 6.45) is -9.78. The predicted octanol–water partition coefficient (Wildman–Crippen LogP) is 7.98. The normalized spacial score (nSPS) is 14.3. The van der Waals surface area contributed by atoms with E-state index in [0.717, 1.165) is 22.4 Å². The summed E-state index contributed by atoms with van der Waals surface area (Å²) in [4.78, 5) is 7.25. The van der Waals surface area contributed by atoms with Gasteiger partial charge in [0.15, 0.2) is 5.69 Å². The van der Waals surface area contributed by atoms with E-state index < -0.39 is 31.0 Å². The summed E-state index contributed by atoms with van der Waals surface area (Å²) in [5, 5.41) is 0.460. The van der Waals surface area contributed by atoms with Crippen LogP contribution in [0.1, 0.15) is 46.5 Å². The molecule has 206 valence electrons. The summed E-state index contributed by atoms with van der Waals surface area (Å²) in [6.45, 7) is 5.80. The number of imidazole rings is 1. The lowest BCUT2D eigenvalue weighted by Gasteiger charge is -2.33. The average molecular weight is 559 g/mol. The maximum atomic E-state index is 14.3. The van der Waals surface area contributed by atoms with E-state index in [-0.39, 0.29) is 24.7 Å². The van der Waals surface area contributed by atoms with Crippen LogP contribution in [0.2, 0.25) is 5.02 Å². The number of rotatable bonds is 7. The van der Waals surface area contributed by atoms with Crippen molar-refractivity contribution in [1.29, 1.82) is 0 Å². The van der Waals surface area contributed by atoms with Crippen molar-refractivity contribution in [3.05, 3.63) is 75.1 Å². The Morgan fingerprint density at radius 1 is 0.921 bits per heavy atom. The molecule has 0 atom stereocenters. The number of hydrogen-bond acceptors (Lipinski definition) is 3. The molecule has 0 bridgehead atoms. The number of nitrogens with zero attached hydrogens (tertiary/aromatic N) is 4. The van der Waals surface area contributed by atoms with Gasteiger partial charge in [-0.15, -0.1) is 0 Å². The Balaban J connectivity index is 1.76. The number of hydrogen-bond donors (Lipinski definition) is 0. The van der Waals surface area contributed by atoms with Crippen molar-refractivity contribution in [2.24, 2.45) is 0 Å². The van der Waals surface area contributed by atoms with Gasteiger partial charge in [-0.1, -0.05) is 41.4 Å². The third-order valence-corrected chi connectivity index (χ3v) is 6.89. The maximum Gasteiger partial charge on any atom is 0.435 e. The van der Waals surface area contributed by atoms with Crippen LogP contribution in [0.4, 0.5) is 38.0 Å². The van der Waals surface area contributed by atoms with Crippen molar-refractivity contribution in [1.82, 2.24) is 14.5 Å². The van der Waals surface area contributed by atoms with Gasteiger partial charge in [0.1, 0.15) is 0 Å². The number of benzene rings is 2. The molecule has 4 rings (SSSR count). The van der Waals surface area contributed by atoms with Crippen molar-refractivity contribution in [3.63, 3.8) is 0 Å². The number of fused-ring (bicyclic) bond motifs is 1. The van der Waals surface area contributed by atoms with Gasteiger partial charge in [0.2, 0.25) is 5.95 Å². The Bertz CT molecular complexity index is 1260. The zero-order chi connectivity index (χ0) is 27.8. The highest BCUT2D eigenvalue weighted by molar-refractivity contribution is 6.30. The molecule has 0 N–H and O–H groups in total. The molecule has 0 radical (unpaired) electrons. The second-order valence-electron chi connectivity index (χ2n) is 9.81. The predicted molar refractivity (Wildman–Crippen MR) is 136 cm³/mol. The first-order valence-corrected chi connectivity index (χ1v) is 12.7. The van der Waals surface area contributed by atoms with Gasteiger partial charge in [-0.05, 0) is 56.0 Å². The van der Waals surface area contributed by atoms with Crippen LogP contribution >= 0.6 is 11.6 Å². The number of aromatic nitrogens is 2. The van der Waals surface area contributed by atoms with Gasteiger partial charge in [0.05, 0.1) is 12.1 Å². The Labute approximate surface area is 222 Å². The van der Waals surface area contributed by atoms with Gasteiger partial charge < -0.3 is 9.47 Å². The van der Waals surface area contributed by atoms with Gasteiger partial charge in [-0.2, -0.15) is 26.3 Å². The fourth-order valence-electron chi connectivity index (χ4n) is 5.16. The maximum absolute atomic E-state index is 14.3. The van der Waals surface area contributed by atoms with Crippen LogP contribution in [-0.2, 0) is 25.8 Å². The molecule has 2 heterocycles. The SMILES string of the molecule is Cc1cc(C)c(N2CCCn3c2nc(C(F)(F)F)c3CN(CCC(F)(F)F)Cc2ccc(Cl)cc2)c(C)c1. The summed E-state index contributed by atoms with van der Waals surface area (Å²) in [5.74, 6) is 0.163. The van der Waals surface area contributed by atoms with Gasteiger partial charge >= 0.3 is 12.4 Å². The van der Waals surface area contributed by atoms with Crippen LogP contribution in [0.3, 0.4) is 0 Å². The fraction of sp³-hybridized carbons (Fsp3) is 0.444. The Hall–Kier alpha value is -2.72. The van der Waals surface area contributed by atoms with Crippen molar-refractivity contribution in [2.75, 3.05) is 18.0 Å². The molecule has 38 heavy (non-hydrogen) atoms. The third-order valence-electron chi connectivity index (χ3n) is 6.64. The van der Waals surface area contributed by atoms with E-state index in [0.29, 0.717) is 30.1 Å². The highest BCUT2D eigenvalue weighted by Gasteiger charge is 2.41. The summed E-state index contributed by atoms with van der Waals surface area (Å²) < 4.78 is 83.7. The minimum absolute atomic E-state index is 0.0327. The van der Waals surface area contributed by atoms with Crippen LogP contribution in [0.5, 0.6) is 0 Å². The first-order chi connectivity index (χ1) is 17.7. The third kappa shape index (κ3) is 6.46. The second kappa shape index (κ2) is 10.8. The molecule has 1 aliphatic heterocycles. The van der Waals surface area contributed by atoms with E-state index in [1.807, 2.05) is 32.9 Å². The summed E-state index contributed by atoms with van der Waals surface area (Å²) >= 11 is 5.93.